The zero-order valence-corrected chi connectivity index (χ0v) is 22.6. The van der Waals surface area contributed by atoms with Crippen molar-refractivity contribution < 1.29 is 14.9 Å². The number of ether oxygens (including phenoxy) is 1. The first-order valence-electron chi connectivity index (χ1n) is 12.7. The van der Waals surface area contributed by atoms with E-state index in [9.17, 15) is 0 Å². The molecule has 0 aliphatic heterocycles. The summed E-state index contributed by atoms with van der Waals surface area (Å²) in [7, 11) is 1.60. The fraction of sp³-hybridized carbons (Fsp3) is 0.258. The Bertz CT molecular complexity index is 1360. The summed E-state index contributed by atoms with van der Waals surface area (Å²) < 4.78 is 5.54. The molecule has 4 aromatic rings. The van der Waals surface area contributed by atoms with E-state index in [4.69, 9.17) is 31.5 Å². The molecule has 0 spiro atoms. The first kappa shape index (κ1) is 27.8. The molecule has 38 heavy (non-hydrogen) atoms. The van der Waals surface area contributed by atoms with Gasteiger partial charge in [0.15, 0.2) is 0 Å². The van der Waals surface area contributed by atoms with Crippen LogP contribution in [0, 0.1) is 6.92 Å². The number of aromatic nitrogens is 1. The van der Waals surface area contributed by atoms with Gasteiger partial charge >= 0.3 is 0 Å². The maximum Gasteiger partial charge on any atom is 0.218 e. The van der Waals surface area contributed by atoms with Gasteiger partial charge < -0.3 is 25.6 Å². The molecule has 6 nitrogen and oxygen atoms in total. The summed E-state index contributed by atoms with van der Waals surface area (Å²) in [6, 6.07) is 24.7. The fourth-order valence-corrected chi connectivity index (χ4v) is 4.85. The molecule has 0 saturated heterocycles. The van der Waals surface area contributed by atoms with E-state index in [1.165, 1.54) is 5.56 Å². The first-order valence-corrected chi connectivity index (χ1v) is 13.1. The minimum atomic E-state index is 0.0745. The predicted molar refractivity (Wildman–Crippen MR) is 154 cm³/mol. The van der Waals surface area contributed by atoms with Gasteiger partial charge in [0.1, 0.15) is 0 Å². The highest BCUT2D eigenvalue weighted by molar-refractivity contribution is 6.36. The maximum absolute atomic E-state index is 9.03. The van der Waals surface area contributed by atoms with Gasteiger partial charge in [0.05, 0.1) is 31.0 Å². The molecule has 7 heteroatoms. The van der Waals surface area contributed by atoms with E-state index >= 15 is 0 Å². The van der Waals surface area contributed by atoms with Crippen LogP contribution in [0.1, 0.15) is 16.7 Å². The summed E-state index contributed by atoms with van der Waals surface area (Å²) in [5.74, 6) is 0.530. The molecule has 1 aromatic heterocycles. The third kappa shape index (κ3) is 6.41. The van der Waals surface area contributed by atoms with E-state index in [-0.39, 0.29) is 13.2 Å². The van der Waals surface area contributed by atoms with Crippen molar-refractivity contribution in [3.63, 3.8) is 0 Å². The number of rotatable bonds is 12. The van der Waals surface area contributed by atoms with Gasteiger partial charge in [-0.1, -0.05) is 78.3 Å². The number of nitrogens with zero attached hydrogens (tertiary/aromatic N) is 1. The molecule has 198 valence electrons. The van der Waals surface area contributed by atoms with Crippen molar-refractivity contribution in [2.24, 2.45) is 0 Å². The molecule has 0 amide bonds. The summed E-state index contributed by atoms with van der Waals surface area (Å²) in [5, 5.41) is 25.0. The van der Waals surface area contributed by atoms with E-state index in [1.807, 2.05) is 30.3 Å². The Morgan fingerprint density at radius 1 is 0.763 bits per heavy atom. The second-order valence-electron chi connectivity index (χ2n) is 9.01. The molecule has 0 atom stereocenters. The normalized spacial score (nSPS) is 11.1. The molecule has 0 bridgehead atoms. The van der Waals surface area contributed by atoms with Crippen molar-refractivity contribution >= 4 is 11.6 Å². The van der Waals surface area contributed by atoms with Gasteiger partial charge in [-0.15, -0.1) is 0 Å². The van der Waals surface area contributed by atoms with Crippen LogP contribution in [-0.4, -0.2) is 48.6 Å². The van der Waals surface area contributed by atoms with Crippen molar-refractivity contribution in [3.05, 3.63) is 94.5 Å². The van der Waals surface area contributed by atoms with Crippen LogP contribution in [0.5, 0.6) is 5.88 Å². The molecule has 0 aliphatic rings. The molecule has 0 unspecified atom stereocenters. The van der Waals surface area contributed by atoms with Crippen LogP contribution in [0.3, 0.4) is 0 Å². The molecule has 4 rings (SSSR count). The number of hydrogen-bond acceptors (Lipinski definition) is 6. The molecule has 0 saturated carbocycles. The quantitative estimate of drug-likeness (QED) is 0.188. The number of nitrogens with one attached hydrogen (secondary N) is 2. The van der Waals surface area contributed by atoms with Crippen molar-refractivity contribution in [1.29, 1.82) is 0 Å². The van der Waals surface area contributed by atoms with Gasteiger partial charge in [-0.3, -0.25) is 0 Å². The first-order chi connectivity index (χ1) is 18.6. The van der Waals surface area contributed by atoms with Crippen molar-refractivity contribution in [2.45, 2.75) is 20.0 Å². The standard InChI is InChI=1S/C31H34ClN3O3/c1-21-25(23-11-9-22(10-12-23)19-33-15-17-36)5-3-6-26(21)27-7-4-8-28(30(27)32)29-14-13-24(20-34-16-18-37)31(35-29)38-2/h3-14,33-34,36-37H,15-20H2,1-2H3. The van der Waals surface area contributed by atoms with Crippen molar-refractivity contribution in [3.8, 4) is 39.4 Å². The summed E-state index contributed by atoms with van der Waals surface area (Å²) in [6.45, 7) is 4.69. The number of hydrogen-bond donors (Lipinski definition) is 4. The Morgan fingerprint density at radius 2 is 1.39 bits per heavy atom. The Hall–Kier alpha value is -3.26. The van der Waals surface area contributed by atoms with Crippen LogP contribution < -0.4 is 15.4 Å². The summed E-state index contributed by atoms with van der Waals surface area (Å²) in [5.41, 5.74) is 9.11. The van der Waals surface area contributed by atoms with Gasteiger partial charge in [0.2, 0.25) is 5.88 Å². The molecule has 0 radical (unpaired) electrons. The number of pyridine rings is 1. The van der Waals surface area contributed by atoms with Crippen LogP contribution in [0.15, 0.2) is 72.8 Å². The van der Waals surface area contributed by atoms with Crippen molar-refractivity contribution in [1.82, 2.24) is 15.6 Å². The minimum absolute atomic E-state index is 0.0745. The fourth-order valence-electron chi connectivity index (χ4n) is 4.52. The van der Waals surface area contributed by atoms with Gasteiger partial charge in [-0.2, -0.15) is 0 Å². The Morgan fingerprint density at radius 3 is 2.08 bits per heavy atom. The lowest BCUT2D eigenvalue weighted by atomic mass is 9.91. The van der Waals surface area contributed by atoms with E-state index in [0.717, 1.165) is 51.2 Å². The average Bonchev–Trinajstić information content (AvgIpc) is 2.94. The molecule has 1 heterocycles. The highest BCUT2D eigenvalue weighted by Crippen LogP contribution is 2.40. The lowest BCUT2D eigenvalue weighted by Crippen LogP contribution is -2.18. The second-order valence-corrected chi connectivity index (χ2v) is 9.39. The number of methoxy groups -OCH3 is 1. The molecule has 3 aromatic carbocycles. The molecular weight excluding hydrogens is 498 g/mol. The molecule has 0 aliphatic carbocycles. The molecule has 4 N–H and O–H groups in total. The van der Waals surface area contributed by atoms with E-state index in [1.54, 1.807) is 7.11 Å². The van der Waals surface area contributed by atoms with Gasteiger partial charge in [0, 0.05) is 42.9 Å². The molecular formula is C31H34ClN3O3. The van der Waals surface area contributed by atoms with E-state index in [0.29, 0.717) is 30.5 Å². The number of aliphatic hydroxyl groups is 2. The molecule has 0 fully saturated rings. The minimum Gasteiger partial charge on any atom is -0.481 e. The van der Waals surface area contributed by atoms with Crippen LogP contribution in [-0.2, 0) is 13.1 Å². The third-order valence-corrected chi connectivity index (χ3v) is 6.92. The van der Waals surface area contributed by atoms with Crippen LogP contribution >= 0.6 is 11.6 Å². The lowest BCUT2D eigenvalue weighted by Gasteiger charge is -2.16. The summed E-state index contributed by atoms with van der Waals surface area (Å²) in [6.07, 6.45) is 0. The van der Waals surface area contributed by atoms with Gasteiger partial charge in [-0.05, 0) is 40.8 Å². The summed E-state index contributed by atoms with van der Waals surface area (Å²) in [4.78, 5) is 4.73. The third-order valence-electron chi connectivity index (χ3n) is 6.52. The number of halogens is 1. The van der Waals surface area contributed by atoms with Crippen LogP contribution in [0.25, 0.3) is 33.5 Å². The van der Waals surface area contributed by atoms with Crippen molar-refractivity contribution in [2.75, 3.05) is 33.4 Å². The topological polar surface area (TPSA) is 86.6 Å². The number of benzene rings is 3. The predicted octanol–water partition coefficient (Wildman–Crippen LogP) is 5.22. The largest absolute Gasteiger partial charge is 0.481 e. The Balaban J connectivity index is 1.65. The lowest BCUT2D eigenvalue weighted by molar-refractivity contribution is 0.291. The highest BCUT2D eigenvalue weighted by Gasteiger charge is 2.16. The van der Waals surface area contributed by atoms with E-state index in [2.05, 4.69) is 60.0 Å². The van der Waals surface area contributed by atoms with Crippen LogP contribution in [0.2, 0.25) is 5.02 Å². The smallest absolute Gasteiger partial charge is 0.218 e. The van der Waals surface area contributed by atoms with E-state index < -0.39 is 0 Å². The van der Waals surface area contributed by atoms with Crippen LogP contribution in [0.4, 0.5) is 0 Å². The monoisotopic (exact) mass is 531 g/mol. The SMILES string of the molecule is COc1nc(-c2cccc(-c3cccc(-c4ccc(CNCCO)cc4)c3C)c2Cl)ccc1CNCCO. The second kappa shape index (κ2) is 13.5. The van der Waals surface area contributed by atoms with Gasteiger partial charge in [-0.25, -0.2) is 4.98 Å². The Kier molecular flexibility index (Phi) is 9.87. The zero-order valence-electron chi connectivity index (χ0n) is 21.8. The maximum atomic E-state index is 9.03. The Labute approximate surface area is 229 Å². The average molecular weight is 532 g/mol. The summed E-state index contributed by atoms with van der Waals surface area (Å²) >= 11 is 7.02. The van der Waals surface area contributed by atoms with Gasteiger partial charge in [0.25, 0.3) is 0 Å². The number of aliphatic hydroxyl groups excluding tert-OH is 2. The highest BCUT2D eigenvalue weighted by atomic mass is 35.5. The zero-order chi connectivity index (χ0) is 26.9.